The van der Waals surface area contributed by atoms with Crippen molar-refractivity contribution in [2.75, 3.05) is 14.2 Å². The Labute approximate surface area is 120 Å². The quantitative estimate of drug-likeness (QED) is 0.786. The van der Waals surface area contributed by atoms with Crippen LogP contribution in [0.3, 0.4) is 0 Å². The van der Waals surface area contributed by atoms with Gasteiger partial charge in [0.05, 0.1) is 24.1 Å². The van der Waals surface area contributed by atoms with Gasteiger partial charge in [-0.05, 0) is 24.3 Å². The highest BCUT2D eigenvalue weighted by Gasteiger charge is 2.14. The zero-order valence-electron chi connectivity index (χ0n) is 10.6. The summed E-state index contributed by atoms with van der Waals surface area (Å²) < 4.78 is 11.0. The molecule has 0 bridgehead atoms. The average Bonchev–Trinajstić information content (AvgIpc) is 2.83. The monoisotopic (exact) mass is 296 g/mol. The number of carbonyl (C=O) groups is 1. The van der Waals surface area contributed by atoms with E-state index in [0.717, 1.165) is 4.88 Å². The van der Waals surface area contributed by atoms with Gasteiger partial charge in [-0.15, -0.1) is 11.3 Å². The fourth-order valence-electron chi connectivity index (χ4n) is 1.73. The molecule has 2 rings (SSSR count). The zero-order valence-corrected chi connectivity index (χ0v) is 12.2. The van der Waals surface area contributed by atoms with Gasteiger partial charge in [0, 0.05) is 17.4 Å². The number of benzene rings is 1. The second-order valence-electron chi connectivity index (χ2n) is 3.87. The van der Waals surface area contributed by atoms with E-state index >= 15 is 0 Å². The standard InChI is InChI=1S/C14H13ClO3S/c1-17-9-3-5-11(13(7-9)18-2)12(16)8-10-4-6-14(15)19-10/h3-7H,8H2,1-2H3. The summed E-state index contributed by atoms with van der Waals surface area (Å²) in [4.78, 5) is 13.2. The van der Waals surface area contributed by atoms with Crippen molar-refractivity contribution in [2.24, 2.45) is 0 Å². The highest BCUT2D eigenvalue weighted by atomic mass is 35.5. The molecule has 0 amide bonds. The maximum Gasteiger partial charge on any atom is 0.171 e. The summed E-state index contributed by atoms with van der Waals surface area (Å²) in [5.41, 5.74) is 0.549. The number of hydrogen-bond donors (Lipinski definition) is 0. The largest absolute Gasteiger partial charge is 0.497 e. The molecule has 5 heteroatoms. The number of ether oxygens (including phenoxy) is 2. The molecular formula is C14H13ClO3S. The minimum absolute atomic E-state index is 0.00183. The number of methoxy groups -OCH3 is 2. The smallest absolute Gasteiger partial charge is 0.171 e. The van der Waals surface area contributed by atoms with Crippen molar-refractivity contribution in [1.29, 1.82) is 0 Å². The predicted octanol–water partition coefficient (Wildman–Crippen LogP) is 3.84. The number of Topliss-reactive ketones (excluding diaryl/α,β-unsaturated/α-hetero) is 1. The second kappa shape index (κ2) is 6.08. The van der Waals surface area contributed by atoms with Crippen LogP contribution >= 0.6 is 22.9 Å². The Morgan fingerprint density at radius 2 is 2.00 bits per heavy atom. The number of rotatable bonds is 5. The van der Waals surface area contributed by atoms with E-state index in [9.17, 15) is 4.79 Å². The molecule has 0 aliphatic rings. The predicted molar refractivity (Wildman–Crippen MR) is 76.9 cm³/mol. The molecule has 1 heterocycles. The molecule has 0 N–H and O–H groups in total. The van der Waals surface area contributed by atoms with Gasteiger partial charge >= 0.3 is 0 Å². The first-order chi connectivity index (χ1) is 9.13. The van der Waals surface area contributed by atoms with E-state index in [-0.39, 0.29) is 5.78 Å². The van der Waals surface area contributed by atoms with E-state index in [0.29, 0.717) is 27.8 Å². The lowest BCUT2D eigenvalue weighted by Gasteiger charge is -2.09. The molecule has 2 aromatic rings. The number of hydrogen-bond acceptors (Lipinski definition) is 4. The third-order valence-electron chi connectivity index (χ3n) is 2.67. The summed E-state index contributed by atoms with van der Waals surface area (Å²) in [6.07, 6.45) is 0.320. The highest BCUT2D eigenvalue weighted by molar-refractivity contribution is 7.16. The fraction of sp³-hybridized carbons (Fsp3) is 0.214. The molecular weight excluding hydrogens is 284 g/mol. The lowest BCUT2D eigenvalue weighted by molar-refractivity contribution is 0.0991. The molecule has 19 heavy (non-hydrogen) atoms. The zero-order chi connectivity index (χ0) is 13.8. The molecule has 0 radical (unpaired) electrons. The second-order valence-corrected chi connectivity index (χ2v) is 5.67. The van der Waals surface area contributed by atoms with E-state index in [1.54, 1.807) is 31.4 Å². The molecule has 0 spiro atoms. The van der Waals surface area contributed by atoms with E-state index in [1.807, 2.05) is 6.07 Å². The van der Waals surface area contributed by atoms with Gasteiger partial charge in [-0.2, -0.15) is 0 Å². The van der Waals surface area contributed by atoms with Crippen molar-refractivity contribution in [3.63, 3.8) is 0 Å². The molecule has 1 aromatic carbocycles. The summed E-state index contributed by atoms with van der Waals surface area (Å²) in [6, 6.07) is 8.82. The summed E-state index contributed by atoms with van der Waals surface area (Å²) in [5, 5.41) is 0. The van der Waals surface area contributed by atoms with Crippen molar-refractivity contribution in [3.8, 4) is 11.5 Å². The van der Waals surface area contributed by atoms with Crippen LogP contribution in [-0.2, 0) is 6.42 Å². The average molecular weight is 297 g/mol. The van der Waals surface area contributed by atoms with Crippen molar-refractivity contribution in [1.82, 2.24) is 0 Å². The summed E-state index contributed by atoms with van der Waals surface area (Å²) in [7, 11) is 3.11. The van der Waals surface area contributed by atoms with Gasteiger partial charge in [-0.3, -0.25) is 4.79 Å². The van der Waals surface area contributed by atoms with Crippen molar-refractivity contribution >= 4 is 28.7 Å². The lowest BCUT2D eigenvalue weighted by Crippen LogP contribution is -2.05. The van der Waals surface area contributed by atoms with Gasteiger partial charge in [-0.1, -0.05) is 11.6 Å². The van der Waals surface area contributed by atoms with Crippen LogP contribution in [0.25, 0.3) is 0 Å². The van der Waals surface area contributed by atoms with E-state index < -0.39 is 0 Å². The van der Waals surface area contributed by atoms with Crippen molar-refractivity contribution < 1.29 is 14.3 Å². The van der Waals surface area contributed by atoms with Crippen LogP contribution in [0.5, 0.6) is 11.5 Å². The normalized spacial score (nSPS) is 10.3. The number of thiophene rings is 1. The Kier molecular flexibility index (Phi) is 4.45. The maximum absolute atomic E-state index is 12.2. The first-order valence-electron chi connectivity index (χ1n) is 5.63. The minimum Gasteiger partial charge on any atom is -0.497 e. The fourth-order valence-corrected chi connectivity index (χ4v) is 2.82. The Morgan fingerprint density at radius 3 is 2.58 bits per heavy atom. The first-order valence-corrected chi connectivity index (χ1v) is 6.83. The Hall–Kier alpha value is -1.52. The van der Waals surface area contributed by atoms with Crippen LogP contribution < -0.4 is 9.47 Å². The highest BCUT2D eigenvalue weighted by Crippen LogP contribution is 2.27. The van der Waals surface area contributed by atoms with Crippen LogP contribution in [0.1, 0.15) is 15.2 Å². The third-order valence-corrected chi connectivity index (χ3v) is 3.90. The molecule has 100 valence electrons. The van der Waals surface area contributed by atoms with Crippen LogP contribution in [0, 0.1) is 0 Å². The maximum atomic E-state index is 12.2. The van der Waals surface area contributed by atoms with E-state index in [4.69, 9.17) is 21.1 Å². The molecule has 0 saturated carbocycles. The first kappa shape index (κ1) is 13.9. The lowest BCUT2D eigenvalue weighted by atomic mass is 10.1. The molecule has 0 aliphatic heterocycles. The summed E-state index contributed by atoms with van der Waals surface area (Å²) in [5.74, 6) is 1.18. The molecule has 3 nitrogen and oxygen atoms in total. The third kappa shape index (κ3) is 3.28. The van der Waals surface area contributed by atoms with Gasteiger partial charge < -0.3 is 9.47 Å². The van der Waals surface area contributed by atoms with Gasteiger partial charge in [0.1, 0.15) is 11.5 Å². The topological polar surface area (TPSA) is 35.5 Å². The van der Waals surface area contributed by atoms with Crippen molar-refractivity contribution in [3.05, 3.63) is 45.1 Å². The summed E-state index contributed by atoms with van der Waals surface area (Å²) >= 11 is 7.26. The minimum atomic E-state index is -0.00183. The summed E-state index contributed by atoms with van der Waals surface area (Å²) in [6.45, 7) is 0. The van der Waals surface area contributed by atoms with Crippen LogP contribution in [-0.4, -0.2) is 20.0 Å². The van der Waals surface area contributed by atoms with E-state index in [1.165, 1.54) is 18.4 Å². The molecule has 0 fully saturated rings. The van der Waals surface area contributed by atoms with E-state index in [2.05, 4.69) is 0 Å². The van der Waals surface area contributed by atoms with Gasteiger partial charge in [0.25, 0.3) is 0 Å². The molecule has 1 aromatic heterocycles. The Bertz CT molecular complexity index is 592. The Morgan fingerprint density at radius 1 is 1.21 bits per heavy atom. The molecule has 0 aliphatic carbocycles. The number of halogens is 1. The van der Waals surface area contributed by atoms with Crippen molar-refractivity contribution in [2.45, 2.75) is 6.42 Å². The number of carbonyl (C=O) groups excluding carboxylic acids is 1. The Balaban J connectivity index is 2.23. The van der Waals surface area contributed by atoms with Crippen LogP contribution in [0.4, 0.5) is 0 Å². The van der Waals surface area contributed by atoms with Crippen LogP contribution in [0.15, 0.2) is 30.3 Å². The van der Waals surface area contributed by atoms with Gasteiger partial charge in [-0.25, -0.2) is 0 Å². The molecule has 0 atom stereocenters. The van der Waals surface area contributed by atoms with Gasteiger partial charge in [0.2, 0.25) is 0 Å². The molecule has 0 saturated heterocycles. The van der Waals surface area contributed by atoms with Crippen LogP contribution in [0.2, 0.25) is 4.34 Å². The SMILES string of the molecule is COc1ccc(C(=O)Cc2ccc(Cl)s2)c(OC)c1. The van der Waals surface area contributed by atoms with Gasteiger partial charge in [0.15, 0.2) is 5.78 Å². The number of ketones is 1. The molecule has 0 unspecified atom stereocenters.